The van der Waals surface area contributed by atoms with Crippen molar-refractivity contribution in [3.8, 4) is 39.6 Å². The molecule has 12 heteroatoms. The van der Waals surface area contributed by atoms with Crippen molar-refractivity contribution in [2.75, 3.05) is 46.1 Å². The molecule has 53 heavy (non-hydrogen) atoms. The molecule has 0 aliphatic carbocycles. The average Bonchev–Trinajstić information content (AvgIpc) is 3.66. The van der Waals surface area contributed by atoms with Crippen molar-refractivity contribution in [2.24, 2.45) is 0 Å². The summed E-state index contributed by atoms with van der Waals surface area (Å²) in [4.78, 5) is 18.6. The lowest BCUT2D eigenvalue weighted by Gasteiger charge is -2.26. The van der Waals surface area contributed by atoms with Gasteiger partial charge in [0.25, 0.3) is 0 Å². The number of aliphatic hydroxyl groups is 1. The molecule has 1 aliphatic heterocycles. The summed E-state index contributed by atoms with van der Waals surface area (Å²) in [5.41, 5.74) is 6.48. The van der Waals surface area contributed by atoms with Gasteiger partial charge in [-0.1, -0.05) is 36.4 Å². The maximum Gasteiger partial charge on any atom is 0.323 e. The minimum Gasteiger partial charge on any atom is -0.494 e. The highest BCUT2D eigenvalue weighted by molar-refractivity contribution is 7.09. The number of ether oxygens (including phenoxy) is 4. The first-order chi connectivity index (χ1) is 25.9. The number of hydrogen-bond acceptors (Lipinski definition) is 10. The lowest BCUT2D eigenvalue weighted by molar-refractivity contribution is -0.140. The van der Waals surface area contributed by atoms with E-state index in [0.29, 0.717) is 35.3 Å². The summed E-state index contributed by atoms with van der Waals surface area (Å²) < 4.78 is 37.5. The van der Waals surface area contributed by atoms with Gasteiger partial charge in [0.2, 0.25) is 0 Å². The molecule has 1 atom stereocenters. The zero-order valence-corrected chi connectivity index (χ0v) is 30.4. The molecule has 0 bridgehead atoms. The van der Waals surface area contributed by atoms with Gasteiger partial charge in [0.1, 0.15) is 47.3 Å². The summed E-state index contributed by atoms with van der Waals surface area (Å²) >= 11 is 1.42. The van der Waals surface area contributed by atoms with Crippen LogP contribution in [0.1, 0.15) is 28.1 Å². The number of aliphatic carboxylic acids is 1. The second-order valence-electron chi connectivity index (χ2n) is 12.7. The SMILES string of the molecule is Cc1c(COc2ccc(CN[C@H](CO)C(=O)O)c(OCc3nc(-c4ccc(F)cc4)cs3)c2)cccc1-c1cccc(OCCCN2CCOCC2)c1. The van der Waals surface area contributed by atoms with Gasteiger partial charge in [0, 0.05) is 48.8 Å². The third-order valence-electron chi connectivity index (χ3n) is 9.08. The van der Waals surface area contributed by atoms with E-state index in [4.69, 9.17) is 18.9 Å². The predicted octanol–water partition coefficient (Wildman–Crippen LogP) is 6.72. The van der Waals surface area contributed by atoms with E-state index < -0.39 is 18.6 Å². The second kappa shape index (κ2) is 18.8. The average molecular weight is 742 g/mol. The minimum absolute atomic E-state index is 0.143. The smallest absolute Gasteiger partial charge is 0.323 e. The Labute approximate surface area is 312 Å². The molecule has 0 unspecified atom stereocenters. The largest absolute Gasteiger partial charge is 0.494 e. The molecule has 0 saturated carbocycles. The first-order valence-corrected chi connectivity index (χ1v) is 18.5. The Morgan fingerprint density at radius 1 is 0.943 bits per heavy atom. The Morgan fingerprint density at radius 3 is 2.53 bits per heavy atom. The number of thiazole rings is 1. The number of benzene rings is 4. The highest BCUT2D eigenvalue weighted by Crippen LogP contribution is 2.31. The van der Waals surface area contributed by atoms with Crippen LogP contribution in [0.3, 0.4) is 0 Å². The normalized spacial score (nSPS) is 13.8. The fraction of sp³-hybridized carbons (Fsp3) is 0.317. The van der Waals surface area contributed by atoms with Gasteiger partial charge >= 0.3 is 5.97 Å². The number of nitrogens with zero attached hydrogens (tertiary/aromatic N) is 2. The fourth-order valence-corrected chi connectivity index (χ4v) is 6.72. The van der Waals surface area contributed by atoms with Crippen LogP contribution in [0.15, 0.2) is 90.3 Å². The topological polar surface area (TPSA) is 123 Å². The molecular weight excluding hydrogens is 698 g/mol. The fourth-order valence-electron chi connectivity index (χ4n) is 6.01. The molecule has 1 fully saturated rings. The summed E-state index contributed by atoms with van der Waals surface area (Å²) in [5.74, 6) is 0.437. The minimum atomic E-state index is -1.15. The van der Waals surface area contributed by atoms with Crippen LogP contribution in [0.5, 0.6) is 17.2 Å². The highest BCUT2D eigenvalue weighted by atomic mass is 32.1. The Kier molecular flexibility index (Phi) is 13.4. The number of morpholine rings is 1. The molecule has 1 aliphatic rings. The Morgan fingerprint density at radius 2 is 1.74 bits per heavy atom. The zero-order valence-electron chi connectivity index (χ0n) is 29.6. The molecule has 278 valence electrons. The number of halogens is 1. The van der Waals surface area contributed by atoms with Crippen molar-refractivity contribution >= 4 is 17.3 Å². The number of carboxylic acid groups (broad SMARTS) is 1. The van der Waals surface area contributed by atoms with E-state index in [2.05, 4.69) is 40.3 Å². The second-order valence-corrected chi connectivity index (χ2v) is 13.7. The third-order valence-corrected chi connectivity index (χ3v) is 9.90. The van der Waals surface area contributed by atoms with Crippen LogP contribution in [-0.4, -0.2) is 78.2 Å². The first kappa shape index (κ1) is 37.9. The van der Waals surface area contributed by atoms with Gasteiger partial charge in [0.05, 0.1) is 32.1 Å². The lowest BCUT2D eigenvalue weighted by atomic mass is 9.96. The van der Waals surface area contributed by atoms with Gasteiger partial charge < -0.3 is 29.2 Å². The van der Waals surface area contributed by atoms with Crippen molar-refractivity contribution in [3.63, 3.8) is 0 Å². The molecule has 1 aromatic heterocycles. The molecule has 0 spiro atoms. The quantitative estimate of drug-likeness (QED) is 0.0835. The number of rotatable bonds is 18. The molecule has 0 amide bonds. The Bertz CT molecular complexity index is 1950. The molecule has 6 rings (SSSR count). The number of carbonyl (C=O) groups is 1. The molecule has 3 N–H and O–H groups in total. The predicted molar refractivity (Wildman–Crippen MR) is 202 cm³/mol. The number of hydrogen-bond donors (Lipinski definition) is 3. The van der Waals surface area contributed by atoms with E-state index >= 15 is 0 Å². The van der Waals surface area contributed by atoms with Gasteiger partial charge in [-0.05, 0) is 78.1 Å². The monoisotopic (exact) mass is 741 g/mol. The van der Waals surface area contributed by atoms with E-state index in [1.54, 1.807) is 18.2 Å². The van der Waals surface area contributed by atoms with Gasteiger partial charge in [-0.3, -0.25) is 15.0 Å². The number of carboxylic acids is 1. The maximum atomic E-state index is 13.4. The van der Waals surface area contributed by atoms with E-state index in [1.165, 1.54) is 23.5 Å². The first-order valence-electron chi connectivity index (χ1n) is 17.6. The molecule has 1 saturated heterocycles. The van der Waals surface area contributed by atoms with Crippen LogP contribution in [0, 0.1) is 12.7 Å². The van der Waals surface area contributed by atoms with E-state index in [9.17, 15) is 19.4 Å². The molecular formula is C41H44FN3O7S. The lowest BCUT2D eigenvalue weighted by Crippen LogP contribution is -2.39. The van der Waals surface area contributed by atoms with Crippen molar-refractivity contribution < 1.29 is 38.3 Å². The molecule has 2 heterocycles. The van der Waals surface area contributed by atoms with Crippen LogP contribution in [0.2, 0.25) is 0 Å². The highest BCUT2D eigenvalue weighted by Gasteiger charge is 2.18. The molecule has 5 aromatic rings. The summed E-state index contributed by atoms with van der Waals surface area (Å²) in [5, 5.41) is 24.4. The Balaban J connectivity index is 1.12. The standard InChI is InChI=1S/C41H44FN3O7S/c1-28-32(6-3-8-36(28)30-5-2-7-34(21-30)50-18-4-15-45-16-19-49-20-17-45)25-51-35-14-11-31(23-43-37(24-46)41(47)48)39(22-35)52-26-40-44-38(27-53-40)29-9-12-33(42)13-10-29/h2-3,5-14,21-22,27,37,43,46H,4,15-20,23-26H2,1H3,(H,47,48)/t37-/m1/s1. The van der Waals surface area contributed by atoms with Crippen LogP contribution in [0.25, 0.3) is 22.4 Å². The molecule has 10 nitrogen and oxygen atoms in total. The van der Waals surface area contributed by atoms with E-state index in [-0.39, 0.29) is 19.0 Å². The van der Waals surface area contributed by atoms with Gasteiger partial charge in [0.15, 0.2) is 0 Å². The zero-order chi connectivity index (χ0) is 37.0. The summed E-state index contributed by atoms with van der Waals surface area (Å²) in [7, 11) is 0. The number of nitrogens with one attached hydrogen (secondary N) is 1. The number of aliphatic hydroxyl groups excluding tert-OH is 1. The van der Waals surface area contributed by atoms with Crippen molar-refractivity contribution in [3.05, 3.63) is 118 Å². The molecule has 0 radical (unpaired) electrons. The molecule has 4 aromatic carbocycles. The van der Waals surface area contributed by atoms with E-state index in [1.807, 2.05) is 41.8 Å². The van der Waals surface area contributed by atoms with Gasteiger partial charge in [-0.25, -0.2) is 9.37 Å². The third kappa shape index (κ3) is 10.6. The van der Waals surface area contributed by atoms with Gasteiger partial charge in [-0.15, -0.1) is 11.3 Å². The Hall–Kier alpha value is -4.85. The van der Waals surface area contributed by atoms with Crippen LogP contribution < -0.4 is 19.5 Å². The van der Waals surface area contributed by atoms with E-state index in [0.717, 1.165) is 78.5 Å². The van der Waals surface area contributed by atoms with Crippen LogP contribution in [0.4, 0.5) is 4.39 Å². The van der Waals surface area contributed by atoms with Crippen molar-refractivity contribution in [2.45, 2.75) is 39.1 Å². The van der Waals surface area contributed by atoms with Crippen LogP contribution >= 0.6 is 11.3 Å². The summed E-state index contributed by atoms with van der Waals surface area (Å²) in [6.07, 6.45) is 0.954. The summed E-state index contributed by atoms with van der Waals surface area (Å²) in [6.45, 7) is 7.33. The number of aromatic nitrogens is 1. The van der Waals surface area contributed by atoms with Crippen LogP contribution in [-0.2, 0) is 29.3 Å². The van der Waals surface area contributed by atoms with Crippen molar-refractivity contribution in [1.82, 2.24) is 15.2 Å². The van der Waals surface area contributed by atoms with Gasteiger partial charge in [-0.2, -0.15) is 0 Å². The maximum absolute atomic E-state index is 13.4. The summed E-state index contributed by atoms with van der Waals surface area (Å²) in [6, 6.07) is 24.8. The van der Waals surface area contributed by atoms with Crippen molar-refractivity contribution in [1.29, 1.82) is 0 Å².